The first-order valence-electron chi connectivity index (χ1n) is 12.8. The van der Waals surface area contributed by atoms with Gasteiger partial charge in [-0.2, -0.15) is 0 Å². The van der Waals surface area contributed by atoms with Crippen molar-refractivity contribution in [2.45, 2.75) is 9.79 Å². The van der Waals surface area contributed by atoms with Crippen LogP contribution < -0.4 is 0 Å². The van der Waals surface area contributed by atoms with Gasteiger partial charge in [-0.05, 0) is 70.1 Å². The predicted molar refractivity (Wildman–Crippen MR) is 164 cm³/mol. The number of aromatic hydroxyl groups is 2. The molecular formula is C34H24N2O4S. The second-order valence-corrected chi connectivity index (χ2v) is 11.4. The molecule has 0 saturated heterocycles. The van der Waals surface area contributed by atoms with Crippen LogP contribution >= 0.6 is 0 Å². The van der Waals surface area contributed by atoms with E-state index in [0.717, 1.165) is 21.5 Å². The summed E-state index contributed by atoms with van der Waals surface area (Å²) in [6.07, 6.45) is 3.09. The van der Waals surface area contributed by atoms with Gasteiger partial charge in [-0.15, -0.1) is 0 Å². The van der Waals surface area contributed by atoms with Crippen LogP contribution in [0.3, 0.4) is 0 Å². The maximum atomic E-state index is 13.6. The number of hydrogen-bond donors (Lipinski definition) is 2. The summed E-state index contributed by atoms with van der Waals surface area (Å²) in [6.45, 7) is 0. The zero-order valence-corrected chi connectivity index (χ0v) is 22.5. The van der Waals surface area contributed by atoms with Crippen LogP contribution in [-0.2, 0) is 9.84 Å². The first-order chi connectivity index (χ1) is 19.9. The average Bonchev–Trinajstić information content (AvgIpc) is 3.00. The maximum absolute atomic E-state index is 13.6. The molecule has 0 bridgehead atoms. The Bertz CT molecular complexity index is 1960. The molecule has 0 aliphatic heterocycles. The Morgan fingerprint density at radius 2 is 0.951 bits per heavy atom. The van der Waals surface area contributed by atoms with Crippen LogP contribution in [0.25, 0.3) is 21.5 Å². The van der Waals surface area contributed by atoms with E-state index in [-0.39, 0.29) is 21.3 Å². The van der Waals surface area contributed by atoms with E-state index in [2.05, 4.69) is 9.98 Å². The Balaban J connectivity index is 1.30. The Morgan fingerprint density at radius 3 is 1.41 bits per heavy atom. The van der Waals surface area contributed by atoms with Gasteiger partial charge in [0.2, 0.25) is 9.84 Å². The average molecular weight is 557 g/mol. The number of hydrogen-bond acceptors (Lipinski definition) is 6. The highest BCUT2D eigenvalue weighted by Crippen LogP contribution is 2.30. The van der Waals surface area contributed by atoms with Gasteiger partial charge < -0.3 is 10.2 Å². The normalized spacial score (nSPS) is 12.1. The highest BCUT2D eigenvalue weighted by Gasteiger charge is 2.18. The fourth-order valence-electron chi connectivity index (χ4n) is 4.72. The Kier molecular flexibility index (Phi) is 6.79. The van der Waals surface area contributed by atoms with Crippen LogP contribution in [-0.4, -0.2) is 31.1 Å². The first kappa shape index (κ1) is 26.0. The van der Waals surface area contributed by atoms with E-state index in [4.69, 9.17) is 0 Å². The molecule has 6 rings (SSSR count). The lowest BCUT2D eigenvalue weighted by atomic mass is 10.0. The van der Waals surface area contributed by atoms with Gasteiger partial charge in [0.05, 0.1) is 21.2 Å². The van der Waals surface area contributed by atoms with E-state index in [0.29, 0.717) is 22.5 Å². The SMILES string of the molecule is O=S(=O)(c1cccc(N=Cc2c(O)ccc3ccccc23)c1)c1cccc(N=Cc2c(O)ccc3ccccc23)c1. The zero-order valence-electron chi connectivity index (χ0n) is 21.7. The smallest absolute Gasteiger partial charge is 0.206 e. The monoisotopic (exact) mass is 556 g/mol. The van der Waals surface area contributed by atoms with Gasteiger partial charge in [0.25, 0.3) is 0 Å². The van der Waals surface area contributed by atoms with E-state index < -0.39 is 9.84 Å². The number of phenolic OH excluding ortho intramolecular Hbond substituents is 2. The van der Waals surface area contributed by atoms with Crippen LogP contribution in [0.15, 0.2) is 141 Å². The third kappa shape index (κ3) is 5.18. The van der Waals surface area contributed by atoms with Gasteiger partial charge >= 0.3 is 0 Å². The van der Waals surface area contributed by atoms with Gasteiger partial charge in [0, 0.05) is 23.6 Å². The topological polar surface area (TPSA) is 99.3 Å². The van der Waals surface area contributed by atoms with Crippen molar-refractivity contribution in [1.29, 1.82) is 0 Å². The van der Waals surface area contributed by atoms with Gasteiger partial charge in [-0.25, -0.2) is 8.42 Å². The number of benzene rings is 6. The molecule has 41 heavy (non-hydrogen) atoms. The maximum Gasteiger partial charge on any atom is 0.206 e. The molecule has 2 N–H and O–H groups in total. The van der Waals surface area contributed by atoms with Crippen molar-refractivity contribution in [3.63, 3.8) is 0 Å². The number of phenols is 2. The van der Waals surface area contributed by atoms with E-state index in [1.807, 2.05) is 60.7 Å². The van der Waals surface area contributed by atoms with Gasteiger partial charge in [0.15, 0.2) is 0 Å². The molecule has 6 nitrogen and oxygen atoms in total. The summed E-state index contributed by atoms with van der Waals surface area (Å²) < 4.78 is 27.1. The van der Waals surface area contributed by atoms with Crippen molar-refractivity contribution in [2.75, 3.05) is 0 Å². The standard InChI is InChI=1S/C34H24N2O4S/c37-33-17-15-23-7-1-3-13-29(23)31(33)21-35-25-9-5-11-27(19-25)41(39,40)28-12-6-10-26(20-28)36-22-32-30-14-4-2-8-24(30)16-18-34(32)38/h1-22,37-38H. The highest BCUT2D eigenvalue weighted by molar-refractivity contribution is 7.91. The molecular weight excluding hydrogens is 532 g/mol. The molecule has 0 heterocycles. The quantitative estimate of drug-likeness (QED) is 0.205. The summed E-state index contributed by atoms with van der Waals surface area (Å²) in [7, 11) is -3.88. The number of sulfone groups is 1. The molecule has 0 spiro atoms. The van der Waals surface area contributed by atoms with E-state index >= 15 is 0 Å². The van der Waals surface area contributed by atoms with Crippen molar-refractivity contribution >= 4 is 55.2 Å². The second kappa shape index (κ2) is 10.7. The zero-order chi connectivity index (χ0) is 28.4. The number of nitrogens with zero attached hydrogens (tertiary/aromatic N) is 2. The summed E-state index contributed by atoms with van der Waals surface area (Å²) >= 11 is 0. The van der Waals surface area contributed by atoms with Gasteiger partial charge in [-0.3, -0.25) is 9.98 Å². The first-order valence-corrected chi connectivity index (χ1v) is 14.3. The van der Waals surface area contributed by atoms with Crippen molar-refractivity contribution < 1.29 is 18.6 Å². The van der Waals surface area contributed by atoms with Crippen LogP contribution in [0.2, 0.25) is 0 Å². The van der Waals surface area contributed by atoms with Crippen molar-refractivity contribution in [1.82, 2.24) is 0 Å². The lowest BCUT2D eigenvalue weighted by molar-refractivity contribution is 0.475. The third-order valence-corrected chi connectivity index (χ3v) is 8.59. The molecule has 0 atom stereocenters. The fourth-order valence-corrected chi connectivity index (χ4v) is 6.06. The number of aliphatic imine (C=N–C) groups is 2. The van der Waals surface area contributed by atoms with E-state index in [9.17, 15) is 18.6 Å². The van der Waals surface area contributed by atoms with Crippen molar-refractivity contribution in [3.8, 4) is 11.5 Å². The van der Waals surface area contributed by atoms with Crippen molar-refractivity contribution in [3.05, 3.63) is 132 Å². The van der Waals surface area contributed by atoms with E-state index in [1.165, 1.54) is 24.3 Å². The Hall–Kier alpha value is -5.27. The Morgan fingerprint density at radius 1 is 0.512 bits per heavy atom. The molecule has 7 heteroatoms. The summed E-state index contributed by atoms with van der Waals surface area (Å²) in [5.74, 6) is 0.177. The third-order valence-electron chi connectivity index (χ3n) is 6.84. The second-order valence-electron chi connectivity index (χ2n) is 9.45. The summed E-state index contributed by atoms with van der Waals surface area (Å²) in [5.41, 5.74) is 1.97. The van der Waals surface area contributed by atoms with Crippen molar-refractivity contribution in [2.24, 2.45) is 9.98 Å². The molecule has 6 aromatic carbocycles. The molecule has 0 amide bonds. The minimum atomic E-state index is -3.88. The minimum absolute atomic E-state index is 0.0853. The molecule has 0 saturated carbocycles. The molecule has 200 valence electrons. The lowest BCUT2D eigenvalue weighted by Gasteiger charge is -2.07. The van der Waals surface area contributed by atoms with Gasteiger partial charge in [0.1, 0.15) is 11.5 Å². The molecule has 6 aromatic rings. The molecule has 0 aromatic heterocycles. The molecule has 0 radical (unpaired) electrons. The fraction of sp³-hybridized carbons (Fsp3) is 0. The molecule has 0 unspecified atom stereocenters. The van der Waals surface area contributed by atoms with Crippen LogP contribution in [0.1, 0.15) is 11.1 Å². The summed E-state index contributed by atoms with van der Waals surface area (Å²) in [5, 5.41) is 24.4. The lowest BCUT2D eigenvalue weighted by Crippen LogP contribution is -2.01. The number of rotatable bonds is 6. The largest absolute Gasteiger partial charge is 0.507 e. The molecule has 0 fully saturated rings. The number of fused-ring (bicyclic) bond motifs is 2. The summed E-state index contributed by atoms with van der Waals surface area (Å²) in [6, 6.07) is 34.9. The molecule has 0 aliphatic rings. The van der Waals surface area contributed by atoms with Crippen LogP contribution in [0.4, 0.5) is 11.4 Å². The van der Waals surface area contributed by atoms with E-state index in [1.54, 1.807) is 48.8 Å². The highest BCUT2D eigenvalue weighted by atomic mass is 32.2. The minimum Gasteiger partial charge on any atom is -0.507 e. The predicted octanol–water partition coefficient (Wildman–Crippen LogP) is 7.74. The van der Waals surface area contributed by atoms with Crippen LogP contribution in [0, 0.1) is 0 Å². The van der Waals surface area contributed by atoms with Gasteiger partial charge in [-0.1, -0.05) is 72.8 Å². The Labute approximate surface area is 237 Å². The molecule has 0 aliphatic carbocycles. The summed E-state index contributed by atoms with van der Waals surface area (Å²) in [4.78, 5) is 9.12. The van der Waals surface area contributed by atoms with Crippen LogP contribution in [0.5, 0.6) is 11.5 Å².